The van der Waals surface area contributed by atoms with Crippen molar-refractivity contribution in [2.24, 2.45) is 5.11 Å². The van der Waals surface area contributed by atoms with Crippen LogP contribution in [0.25, 0.3) is 0 Å². The van der Waals surface area contributed by atoms with Crippen LogP contribution in [0, 0.1) is 0 Å². The average molecular weight is 180 g/mol. The Morgan fingerprint density at radius 1 is 1.54 bits per heavy atom. The van der Waals surface area contributed by atoms with Crippen molar-refractivity contribution in [3.8, 4) is 5.75 Å². The summed E-state index contributed by atoms with van der Waals surface area (Å²) in [6.45, 7) is 0.798. The number of hydrogen-bond acceptors (Lipinski definition) is 3. The summed E-state index contributed by atoms with van der Waals surface area (Å²) >= 11 is 0. The fourth-order valence-corrected chi connectivity index (χ4v) is 1.15. The number of methoxy groups -OCH3 is 1. The van der Waals surface area contributed by atoms with Crippen molar-refractivity contribution in [2.75, 3.05) is 14.2 Å². The molecule has 0 aliphatic rings. The van der Waals surface area contributed by atoms with Gasteiger partial charge >= 0.3 is 0 Å². The largest absolute Gasteiger partial charge is 0.494 e. The van der Waals surface area contributed by atoms with E-state index in [1.54, 1.807) is 7.11 Å². The molecule has 70 valence electrons. The lowest BCUT2D eigenvalue weighted by Gasteiger charge is -2.04. The molecule has 13 heavy (non-hydrogen) atoms. The van der Waals surface area contributed by atoms with Gasteiger partial charge in [0.2, 0.25) is 0 Å². The third-order valence-electron chi connectivity index (χ3n) is 1.76. The molecule has 1 rings (SSSR count). The Hall–Kier alpha value is -1.42. The van der Waals surface area contributed by atoms with E-state index in [1.165, 1.54) is 0 Å². The van der Waals surface area contributed by atoms with Gasteiger partial charge in [0.05, 0.1) is 7.11 Å². The minimum Gasteiger partial charge on any atom is -0.494 e. The van der Waals surface area contributed by atoms with E-state index in [-0.39, 0.29) is 0 Å². The summed E-state index contributed by atoms with van der Waals surface area (Å²) < 4.78 is 5.08. The Kier molecular flexibility index (Phi) is 3.40. The predicted molar refractivity (Wildman–Crippen MR) is 49.8 cm³/mol. The zero-order valence-corrected chi connectivity index (χ0v) is 7.87. The second-order valence-corrected chi connectivity index (χ2v) is 2.67. The fraction of sp³-hybridized carbons (Fsp3) is 0.333. The van der Waals surface area contributed by atoms with Crippen LogP contribution in [0.1, 0.15) is 5.56 Å². The fourth-order valence-electron chi connectivity index (χ4n) is 1.15. The molecule has 0 atom stereocenters. The third kappa shape index (κ3) is 2.26. The molecular weight excluding hydrogens is 166 g/mol. The van der Waals surface area contributed by atoms with Gasteiger partial charge in [-0.2, -0.15) is 5.53 Å². The van der Waals surface area contributed by atoms with E-state index >= 15 is 0 Å². The lowest BCUT2D eigenvalue weighted by atomic mass is 10.2. The highest BCUT2D eigenvalue weighted by Crippen LogP contribution is 2.26. The number of nitrogens with two attached hydrogens (primary N) is 1. The number of nitrogens with one attached hydrogen (secondary N) is 1. The summed E-state index contributed by atoms with van der Waals surface area (Å²) in [5.74, 6) is 0.697. The van der Waals surface area contributed by atoms with Crippen LogP contribution in [0.4, 0.5) is 5.69 Å². The van der Waals surface area contributed by atoms with Gasteiger partial charge in [0.15, 0.2) is 11.4 Å². The van der Waals surface area contributed by atoms with Crippen molar-refractivity contribution >= 4 is 5.69 Å². The summed E-state index contributed by atoms with van der Waals surface area (Å²) in [5, 5.41) is 6.68. The Labute approximate surface area is 77.4 Å². The van der Waals surface area contributed by atoms with E-state index in [0.29, 0.717) is 11.4 Å². The van der Waals surface area contributed by atoms with E-state index in [1.807, 2.05) is 25.2 Å². The molecule has 0 amide bonds. The lowest BCUT2D eigenvalue weighted by molar-refractivity contribution is -0.210. The quantitative estimate of drug-likeness (QED) is 0.653. The second kappa shape index (κ2) is 4.57. The number of benzene rings is 1. The summed E-state index contributed by atoms with van der Waals surface area (Å²) in [6, 6.07) is 5.73. The van der Waals surface area contributed by atoms with Crippen molar-refractivity contribution in [3.05, 3.63) is 23.8 Å². The van der Waals surface area contributed by atoms with Crippen molar-refractivity contribution in [2.45, 2.75) is 6.54 Å². The molecule has 1 aromatic carbocycles. The molecule has 0 unspecified atom stereocenters. The topological polar surface area (TPSA) is 59.2 Å². The molecule has 0 saturated carbocycles. The van der Waals surface area contributed by atoms with Gasteiger partial charge in [-0.1, -0.05) is 6.07 Å². The highest BCUT2D eigenvalue weighted by molar-refractivity contribution is 5.52. The molecule has 0 aromatic heterocycles. The first kappa shape index (κ1) is 9.67. The van der Waals surface area contributed by atoms with Crippen molar-refractivity contribution in [1.29, 1.82) is 0 Å². The van der Waals surface area contributed by atoms with Crippen LogP contribution >= 0.6 is 0 Å². The first-order chi connectivity index (χ1) is 6.31. The van der Waals surface area contributed by atoms with Gasteiger partial charge in [-0.15, -0.1) is 0 Å². The smallest absolute Gasteiger partial charge is 0.172 e. The highest BCUT2D eigenvalue weighted by Gasteiger charge is 2.04. The normalized spacial score (nSPS) is 9.69. The molecule has 0 saturated heterocycles. The molecule has 0 aliphatic carbocycles. The van der Waals surface area contributed by atoms with Crippen LogP contribution in [-0.4, -0.2) is 14.2 Å². The van der Waals surface area contributed by atoms with Crippen LogP contribution in [0.5, 0.6) is 5.75 Å². The number of nitrogens with zero attached hydrogens (tertiary/aromatic N) is 1. The molecule has 4 heteroatoms. The van der Waals surface area contributed by atoms with E-state index in [2.05, 4.69) is 10.4 Å². The molecule has 0 spiro atoms. The lowest BCUT2D eigenvalue weighted by Crippen LogP contribution is -2.22. The predicted octanol–water partition coefficient (Wildman–Crippen LogP) is 0.257. The molecule has 4 nitrogen and oxygen atoms in total. The summed E-state index contributed by atoms with van der Waals surface area (Å²) in [4.78, 5) is 0. The summed E-state index contributed by atoms with van der Waals surface area (Å²) in [6.07, 6.45) is 0. The minimum atomic E-state index is 0.676. The molecule has 3 N–H and O–H groups in total. The van der Waals surface area contributed by atoms with Crippen LogP contribution in [0.15, 0.2) is 23.3 Å². The first-order valence-corrected chi connectivity index (χ1v) is 4.04. The van der Waals surface area contributed by atoms with Crippen LogP contribution in [-0.2, 0) is 6.54 Å². The summed E-state index contributed by atoms with van der Waals surface area (Å²) in [5.41, 5.74) is 7.02. The second-order valence-electron chi connectivity index (χ2n) is 2.67. The van der Waals surface area contributed by atoms with Crippen molar-refractivity contribution in [3.63, 3.8) is 0 Å². The monoisotopic (exact) mass is 180 g/mol. The number of ether oxygens (including phenoxy) is 1. The average Bonchev–Trinajstić information content (AvgIpc) is 2.18. The Balaban J connectivity index is 2.98. The Morgan fingerprint density at radius 2 is 2.31 bits per heavy atom. The summed E-state index contributed by atoms with van der Waals surface area (Å²) in [7, 11) is 3.49. The van der Waals surface area contributed by atoms with E-state index < -0.39 is 0 Å². The zero-order valence-electron chi connectivity index (χ0n) is 7.87. The minimum absolute atomic E-state index is 0.676. The molecule has 0 bridgehead atoms. The number of hydrogen-bond donors (Lipinski definition) is 2. The first-order valence-electron chi connectivity index (χ1n) is 4.04. The van der Waals surface area contributed by atoms with Gasteiger partial charge in [-0.25, -0.2) is 0 Å². The van der Waals surface area contributed by atoms with Crippen LogP contribution in [0.2, 0.25) is 0 Å². The maximum atomic E-state index is 5.22. The highest BCUT2D eigenvalue weighted by atomic mass is 16.5. The third-order valence-corrected chi connectivity index (χ3v) is 1.76. The van der Waals surface area contributed by atoms with Crippen molar-refractivity contribution < 1.29 is 10.3 Å². The molecular formula is C9H14N3O+. The van der Waals surface area contributed by atoms with Gasteiger partial charge in [0.25, 0.3) is 0 Å². The maximum Gasteiger partial charge on any atom is 0.172 e. The molecule has 1 aromatic rings. The molecule has 0 fully saturated rings. The molecule has 0 heterocycles. The molecule has 0 aliphatic heterocycles. The van der Waals surface area contributed by atoms with Gasteiger partial charge in [0, 0.05) is 6.54 Å². The van der Waals surface area contributed by atoms with Gasteiger partial charge in [0.1, 0.15) is 0 Å². The molecule has 0 radical (unpaired) electrons. The Bertz CT molecular complexity index is 299. The van der Waals surface area contributed by atoms with Gasteiger partial charge < -0.3 is 10.1 Å². The Morgan fingerprint density at radius 3 is 2.85 bits per heavy atom. The van der Waals surface area contributed by atoms with Gasteiger partial charge in [-0.05, 0) is 29.9 Å². The van der Waals surface area contributed by atoms with Crippen molar-refractivity contribution in [1.82, 2.24) is 5.32 Å². The number of rotatable bonds is 4. The van der Waals surface area contributed by atoms with E-state index in [0.717, 1.165) is 12.1 Å². The van der Waals surface area contributed by atoms with Crippen LogP contribution in [0.3, 0.4) is 0 Å². The standard InChI is InChI=1S/C9H13N3O/c1-11-6-7-3-4-9(13-2)8(5-7)12-10/h3-5,10-11H,6H2,1-2H3/p+1. The van der Waals surface area contributed by atoms with E-state index in [4.69, 9.17) is 10.3 Å². The SMILES string of the molecule is CNCc1ccc(OC)c(N=[NH2+])c1. The van der Waals surface area contributed by atoms with Gasteiger partial charge in [-0.3, -0.25) is 0 Å². The zero-order chi connectivity index (χ0) is 9.68. The van der Waals surface area contributed by atoms with Crippen LogP contribution < -0.4 is 15.6 Å². The maximum absolute atomic E-state index is 5.22. The van der Waals surface area contributed by atoms with E-state index in [9.17, 15) is 0 Å².